The van der Waals surface area contributed by atoms with Crippen molar-refractivity contribution in [3.05, 3.63) is 47.3 Å². The Morgan fingerprint density at radius 3 is 2.95 bits per heavy atom. The van der Waals surface area contributed by atoms with Gasteiger partial charge < -0.3 is 5.32 Å². The number of aromatic nitrogens is 2. The Morgan fingerprint density at radius 1 is 1.32 bits per heavy atom. The summed E-state index contributed by atoms with van der Waals surface area (Å²) < 4.78 is 1.97. The third-order valence-corrected chi connectivity index (χ3v) is 3.96. The van der Waals surface area contributed by atoms with Gasteiger partial charge in [-0.05, 0) is 56.4 Å². The van der Waals surface area contributed by atoms with Crippen LogP contribution in [-0.2, 0) is 19.4 Å². The fraction of sp³-hybridized carbons (Fsp3) is 0.438. The van der Waals surface area contributed by atoms with Crippen LogP contribution in [0.15, 0.2) is 30.6 Å². The fourth-order valence-corrected chi connectivity index (χ4v) is 2.77. The second-order valence-electron chi connectivity index (χ2n) is 5.33. The van der Waals surface area contributed by atoms with E-state index in [0.717, 1.165) is 6.54 Å². The fourth-order valence-electron chi connectivity index (χ4n) is 2.77. The molecule has 2 aromatic rings. The maximum atomic E-state index is 4.33. The lowest BCUT2D eigenvalue weighted by Gasteiger charge is -2.14. The molecule has 1 atom stereocenters. The molecule has 19 heavy (non-hydrogen) atoms. The smallest absolute Gasteiger partial charge is 0.0542 e. The van der Waals surface area contributed by atoms with E-state index in [1.165, 1.54) is 41.6 Å². The normalized spacial score (nSPS) is 15.3. The SMILES string of the molecule is CCn1cc(C(C)Nc2ccc3c(c2)CCC3)cn1. The van der Waals surface area contributed by atoms with E-state index in [0.29, 0.717) is 6.04 Å². The molecule has 3 rings (SSSR count). The molecule has 0 spiro atoms. The Balaban J connectivity index is 1.73. The number of anilines is 1. The van der Waals surface area contributed by atoms with Crippen molar-refractivity contribution in [3.63, 3.8) is 0 Å². The molecule has 1 unspecified atom stereocenters. The standard InChI is InChI=1S/C16H21N3/c1-3-19-11-15(10-17-19)12(2)18-16-8-7-13-5-4-6-14(13)9-16/h7-12,18H,3-6H2,1-2H3. The number of nitrogens with zero attached hydrogens (tertiary/aromatic N) is 2. The van der Waals surface area contributed by atoms with Crippen molar-refractivity contribution in [3.8, 4) is 0 Å². The Kier molecular flexibility index (Phi) is 3.28. The molecule has 0 radical (unpaired) electrons. The van der Waals surface area contributed by atoms with E-state index < -0.39 is 0 Å². The predicted octanol–water partition coefficient (Wildman–Crippen LogP) is 3.56. The second-order valence-corrected chi connectivity index (χ2v) is 5.33. The number of aryl methyl sites for hydroxylation is 3. The maximum absolute atomic E-state index is 4.33. The molecule has 0 fully saturated rings. The molecule has 0 bridgehead atoms. The van der Waals surface area contributed by atoms with Gasteiger partial charge in [0.05, 0.1) is 12.2 Å². The van der Waals surface area contributed by atoms with E-state index in [4.69, 9.17) is 0 Å². The third kappa shape index (κ3) is 2.50. The molecule has 1 aliphatic carbocycles. The van der Waals surface area contributed by atoms with E-state index >= 15 is 0 Å². The summed E-state index contributed by atoms with van der Waals surface area (Å²) in [6.07, 6.45) is 7.85. The molecule has 0 saturated carbocycles. The molecular weight excluding hydrogens is 234 g/mol. The van der Waals surface area contributed by atoms with Gasteiger partial charge in [-0.3, -0.25) is 4.68 Å². The summed E-state index contributed by atoms with van der Waals surface area (Å²) in [6.45, 7) is 5.21. The number of benzene rings is 1. The quantitative estimate of drug-likeness (QED) is 0.905. The molecule has 1 aliphatic rings. The summed E-state index contributed by atoms with van der Waals surface area (Å²) >= 11 is 0. The lowest BCUT2D eigenvalue weighted by molar-refractivity contribution is 0.658. The van der Waals surface area contributed by atoms with Gasteiger partial charge in [0.2, 0.25) is 0 Å². The number of fused-ring (bicyclic) bond motifs is 1. The van der Waals surface area contributed by atoms with Crippen LogP contribution >= 0.6 is 0 Å². The molecule has 1 aromatic carbocycles. The zero-order chi connectivity index (χ0) is 13.2. The van der Waals surface area contributed by atoms with Crippen molar-refractivity contribution >= 4 is 5.69 Å². The van der Waals surface area contributed by atoms with Crippen molar-refractivity contribution in [1.82, 2.24) is 9.78 Å². The first-order valence-corrected chi connectivity index (χ1v) is 7.17. The van der Waals surface area contributed by atoms with Gasteiger partial charge in [0.1, 0.15) is 0 Å². The molecule has 1 aromatic heterocycles. The highest BCUT2D eigenvalue weighted by Gasteiger charge is 2.12. The highest BCUT2D eigenvalue weighted by atomic mass is 15.3. The molecule has 1 N–H and O–H groups in total. The zero-order valence-electron chi connectivity index (χ0n) is 11.7. The van der Waals surface area contributed by atoms with E-state index in [-0.39, 0.29) is 0 Å². The Hall–Kier alpha value is -1.77. The Labute approximate surface area is 114 Å². The summed E-state index contributed by atoms with van der Waals surface area (Å²) in [5.74, 6) is 0. The van der Waals surface area contributed by atoms with Gasteiger partial charge in [-0.25, -0.2) is 0 Å². The second kappa shape index (κ2) is 5.08. The molecule has 3 nitrogen and oxygen atoms in total. The average Bonchev–Trinajstić information content (AvgIpc) is 3.06. The molecular formula is C16H21N3. The number of rotatable bonds is 4. The van der Waals surface area contributed by atoms with Gasteiger partial charge in [0, 0.05) is 24.0 Å². The van der Waals surface area contributed by atoms with Crippen molar-refractivity contribution < 1.29 is 0 Å². The lowest BCUT2D eigenvalue weighted by atomic mass is 10.1. The zero-order valence-corrected chi connectivity index (χ0v) is 11.7. The molecule has 100 valence electrons. The van der Waals surface area contributed by atoms with Crippen LogP contribution in [0, 0.1) is 0 Å². The number of nitrogens with one attached hydrogen (secondary N) is 1. The first-order valence-electron chi connectivity index (χ1n) is 7.17. The highest BCUT2D eigenvalue weighted by Crippen LogP contribution is 2.27. The van der Waals surface area contributed by atoms with E-state index in [1.54, 1.807) is 0 Å². The first kappa shape index (κ1) is 12.3. The summed E-state index contributed by atoms with van der Waals surface area (Å²) in [4.78, 5) is 0. The van der Waals surface area contributed by atoms with Gasteiger partial charge in [-0.15, -0.1) is 0 Å². The average molecular weight is 255 g/mol. The molecule has 1 heterocycles. The third-order valence-electron chi connectivity index (χ3n) is 3.96. The lowest BCUT2D eigenvalue weighted by Crippen LogP contribution is -2.06. The maximum Gasteiger partial charge on any atom is 0.0542 e. The van der Waals surface area contributed by atoms with Crippen molar-refractivity contribution in [1.29, 1.82) is 0 Å². The van der Waals surface area contributed by atoms with Crippen LogP contribution in [0.25, 0.3) is 0 Å². The van der Waals surface area contributed by atoms with Gasteiger partial charge in [0.25, 0.3) is 0 Å². The van der Waals surface area contributed by atoms with Crippen molar-refractivity contribution in [2.24, 2.45) is 0 Å². The summed E-state index contributed by atoms with van der Waals surface area (Å²) in [5, 5.41) is 7.90. The molecule has 0 saturated heterocycles. The minimum atomic E-state index is 0.291. The van der Waals surface area contributed by atoms with Gasteiger partial charge in [-0.1, -0.05) is 6.07 Å². The Morgan fingerprint density at radius 2 is 2.16 bits per heavy atom. The van der Waals surface area contributed by atoms with Gasteiger partial charge in [0.15, 0.2) is 0 Å². The van der Waals surface area contributed by atoms with Crippen LogP contribution in [0.3, 0.4) is 0 Å². The van der Waals surface area contributed by atoms with E-state index in [9.17, 15) is 0 Å². The molecule has 0 amide bonds. The van der Waals surface area contributed by atoms with Gasteiger partial charge >= 0.3 is 0 Å². The van der Waals surface area contributed by atoms with Gasteiger partial charge in [-0.2, -0.15) is 5.10 Å². The summed E-state index contributed by atoms with van der Waals surface area (Å²) in [5.41, 5.74) is 5.50. The largest absolute Gasteiger partial charge is 0.378 e. The van der Waals surface area contributed by atoms with E-state index in [2.05, 4.69) is 48.7 Å². The van der Waals surface area contributed by atoms with Crippen molar-refractivity contribution in [2.45, 2.75) is 45.7 Å². The van der Waals surface area contributed by atoms with Crippen LogP contribution in [0.4, 0.5) is 5.69 Å². The minimum Gasteiger partial charge on any atom is -0.378 e. The highest BCUT2D eigenvalue weighted by molar-refractivity contribution is 5.51. The minimum absolute atomic E-state index is 0.291. The number of hydrogen-bond donors (Lipinski definition) is 1. The van der Waals surface area contributed by atoms with Crippen LogP contribution < -0.4 is 5.32 Å². The van der Waals surface area contributed by atoms with Crippen LogP contribution in [0.2, 0.25) is 0 Å². The summed E-state index contributed by atoms with van der Waals surface area (Å²) in [6, 6.07) is 7.07. The van der Waals surface area contributed by atoms with Crippen LogP contribution in [-0.4, -0.2) is 9.78 Å². The predicted molar refractivity (Wildman–Crippen MR) is 78.4 cm³/mol. The number of hydrogen-bond acceptors (Lipinski definition) is 2. The van der Waals surface area contributed by atoms with Crippen molar-refractivity contribution in [2.75, 3.05) is 5.32 Å². The van der Waals surface area contributed by atoms with E-state index in [1.807, 2.05) is 10.9 Å². The topological polar surface area (TPSA) is 29.9 Å². The Bertz CT molecular complexity index is 571. The van der Waals surface area contributed by atoms with Crippen LogP contribution in [0.5, 0.6) is 0 Å². The monoisotopic (exact) mass is 255 g/mol. The molecule has 0 aliphatic heterocycles. The molecule has 3 heteroatoms. The summed E-state index contributed by atoms with van der Waals surface area (Å²) in [7, 11) is 0. The van der Waals surface area contributed by atoms with Crippen LogP contribution in [0.1, 0.15) is 43.0 Å². The first-order chi connectivity index (χ1) is 9.26.